The summed E-state index contributed by atoms with van der Waals surface area (Å²) in [6, 6.07) is 11.1. The van der Waals surface area contributed by atoms with E-state index in [0.717, 1.165) is 23.7 Å². The lowest BCUT2D eigenvalue weighted by Crippen LogP contribution is -2.20. The van der Waals surface area contributed by atoms with E-state index in [1.165, 1.54) is 42.5 Å². The number of allylic oxidation sites excluding steroid dienone is 2. The summed E-state index contributed by atoms with van der Waals surface area (Å²) >= 11 is 13.1. The predicted molar refractivity (Wildman–Crippen MR) is 131 cm³/mol. The summed E-state index contributed by atoms with van der Waals surface area (Å²) in [6.07, 6.45) is -3.28. The smallest absolute Gasteiger partial charge is 0.430 e. The topological polar surface area (TPSA) is 110 Å². The SMILES string of the molecule is CS(=O)(=O)c1cc(-c2ccc(C(C=C(N)C(F)(F)F)=Nc3cc(Cl)ccc3Cl)s2)ccc1C(=O)O. The van der Waals surface area contributed by atoms with Crippen molar-refractivity contribution in [2.45, 2.75) is 11.1 Å². The zero-order valence-corrected chi connectivity index (χ0v) is 20.7. The molecule has 0 unspecified atom stereocenters. The summed E-state index contributed by atoms with van der Waals surface area (Å²) in [5, 5.41) is 9.70. The fraction of sp³-hybridized carbons (Fsp3) is 0.0909. The minimum absolute atomic E-state index is 0.112. The molecule has 35 heavy (non-hydrogen) atoms. The second-order valence-corrected chi connectivity index (χ2v) is 11.1. The Morgan fingerprint density at radius 1 is 1.11 bits per heavy atom. The molecule has 3 N–H and O–H groups in total. The van der Waals surface area contributed by atoms with Crippen molar-refractivity contribution in [3.05, 3.63) is 80.8 Å². The molecule has 6 nitrogen and oxygen atoms in total. The van der Waals surface area contributed by atoms with E-state index in [-0.39, 0.29) is 26.3 Å². The molecule has 0 saturated carbocycles. The van der Waals surface area contributed by atoms with Crippen LogP contribution in [0.5, 0.6) is 0 Å². The van der Waals surface area contributed by atoms with Crippen LogP contribution < -0.4 is 5.73 Å². The van der Waals surface area contributed by atoms with Crippen LogP contribution in [0, 0.1) is 0 Å². The van der Waals surface area contributed by atoms with Crippen molar-refractivity contribution in [1.82, 2.24) is 0 Å². The number of alkyl halides is 3. The zero-order chi connectivity index (χ0) is 26.1. The van der Waals surface area contributed by atoms with Gasteiger partial charge in [0.1, 0.15) is 5.70 Å². The number of halogens is 5. The molecule has 0 fully saturated rings. The van der Waals surface area contributed by atoms with E-state index < -0.39 is 38.1 Å². The third-order valence-electron chi connectivity index (χ3n) is 4.52. The number of nitrogens with two attached hydrogens (primary N) is 1. The second-order valence-electron chi connectivity index (χ2n) is 7.14. The first-order chi connectivity index (χ1) is 16.2. The van der Waals surface area contributed by atoms with E-state index in [1.54, 1.807) is 0 Å². The van der Waals surface area contributed by atoms with Crippen molar-refractivity contribution >= 4 is 61.7 Å². The number of aliphatic imine (C=N–C) groups is 1. The van der Waals surface area contributed by atoms with E-state index >= 15 is 0 Å². The predicted octanol–water partition coefficient (Wildman–Crippen LogP) is 6.35. The van der Waals surface area contributed by atoms with Crippen molar-refractivity contribution in [3.8, 4) is 10.4 Å². The number of carbonyl (C=O) groups is 1. The number of carboxylic acid groups (broad SMARTS) is 1. The molecule has 0 saturated heterocycles. The maximum absolute atomic E-state index is 13.1. The van der Waals surface area contributed by atoms with E-state index in [2.05, 4.69) is 4.99 Å². The van der Waals surface area contributed by atoms with Gasteiger partial charge in [-0.05, 0) is 54.1 Å². The van der Waals surface area contributed by atoms with E-state index in [9.17, 15) is 31.5 Å². The molecule has 184 valence electrons. The lowest BCUT2D eigenvalue weighted by molar-refractivity contribution is -0.0925. The molecule has 0 atom stereocenters. The first kappa shape index (κ1) is 26.7. The number of thiophene rings is 1. The second kappa shape index (κ2) is 10.0. The molecule has 2 aromatic carbocycles. The standard InChI is InChI=1S/C22H15Cl2F3N2O4S2/c1-35(32,33)19-8-11(2-4-13(19)21(30)31)17-6-7-18(34-17)16(10-20(28)22(25,26)27)29-15-9-12(23)3-5-14(15)24/h2-10H,28H2,1H3,(H,30,31). The molecule has 0 aliphatic rings. The van der Waals surface area contributed by atoms with Gasteiger partial charge >= 0.3 is 12.1 Å². The van der Waals surface area contributed by atoms with Gasteiger partial charge in [-0.15, -0.1) is 11.3 Å². The maximum atomic E-state index is 13.1. The maximum Gasteiger partial charge on any atom is 0.430 e. The quantitative estimate of drug-likeness (QED) is 0.340. The highest BCUT2D eigenvalue weighted by Gasteiger charge is 2.32. The number of nitrogens with zero attached hydrogens (tertiary/aromatic N) is 1. The first-order valence-electron chi connectivity index (χ1n) is 9.43. The molecule has 0 amide bonds. The van der Waals surface area contributed by atoms with Gasteiger partial charge in [0, 0.05) is 16.2 Å². The molecular formula is C22H15Cl2F3N2O4S2. The Bertz CT molecular complexity index is 1480. The van der Waals surface area contributed by atoms with Gasteiger partial charge in [0.2, 0.25) is 0 Å². The van der Waals surface area contributed by atoms with Crippen LogP contribution >= 0.6 is 34.5 Å². The minimum atomic E-state index is -4.81. The van der Waals surface area contributed by atoms with E-state index in [1.807, 2.05) is 0 Å². The van der Waals surface area contributed by atoms with Gasteiger partial charge in [0.15, 0.2) is 9.84 Å². The fourth-order valence-electron chi connectivity index (χ4n) is 2.88. The van der Waals surface area contributed by atoms with Gasteiger partial charge in [-0.3, -0.25) is 0 Å². The number of aromatic carboxylic acids is 1. The molecule has 1 aromatic heterocycles. The highest BCUT2D eigenvalue weighted by atomic mass is 35.5. The molecule has 0 aliphatic carbocycles. The zero-order valence-electron chi connectivity index (χ0n) is 17.6. The summed E-state index contributed by atoms with van der Waals surface area (Å²) in [5.41, 5.74) is 3.73. The van der Waals surface area contributed by atoms with Crippen LogP contribution in [0.15, 0.2) is 70.2 Å². The molecule has 13 heteroatoms. The molecule has 0 bridgehead atoms. The molecule has 1 heterocycles. The molecular weight excluding hydrogens is 548 g/mol. The Balaban J connectivity index is 2.16. The van der Waals surface area contributed by atoms with Crippen LogP contribution in [-0.2, 0) is 9.84 Å². The van der Waals surface area contributed by atoms with Gasteiger partial charge in [-0.2, -0.15) is 13.2 Å². The average molecular weight is 563 g/mol. The lowest BCUT2D eigenvalue weighted by Gasteiger charge is -2.08. The number of hydrogen-bond acceptors (Lipinski definition) is 6. The highest BCUT2D eigenvalue weighted by Crippen LogP contribution is 2.34. The fourth-order valence-corrected chi connectivity index (χ4v) is 5.06. The Labute approximate surface area is 212 Å². The van der Waals surface area contributed by atoms with Crippen LogP contribution in [0.4, 0.5) is 18.9 Å². The summed E-state index contributed by atoms with van der Waals surface area (Å²) in [6.45, 7) is 0. The van der Waals surface area contributed by atoms with Crippen LogP contribution in [0.2, 0.25) is 10.0 Å². The minimum Gasteiger partial charge on any atom is -0.478 e. The van der Waals surface area contributed by atoms with E-state index in [4.69, 9.17) is 28.9 Å². The van der Waals surface area contributed by atoms with Crippen LogP contribution in [0.25, 0.3) is 10.4 Å². The van der Waals surface area contributed by atoms with Gasteiger partial charge in [0.25, 0.3) is 0 Å². The number of carboxylic acids is 1. The monoisotopic (exact) mass is 562 g/mol. The number of hydrogen-bond donors (Lipinski definition) is 2. The molecule has 0 radical (unpaired) electrons. The van der Waals surface area contributed by atoms with Crippen molar-refractivity contribution in [1.29, 1.82) is 0 Å². The summed E-state index contributed by atoms with van der Waals surface area (Å²) in [5.74, 6) is -1.41. The third kappa shape index (κ3) is 6.43. The summed E-state index contributed by atoms with van der Waals surface area (Å²) in [4.78, 5) is 16.0. The van der Waals surface area contributed by atoms with Crippen molar-refractivity contribution < 1.29 is 31.5 Å². The van der Waals surface area contributed by atoms with Gasteiger partial charge < -0.3 is 10.8 Å². The number of benzene rings is 2. The Hall–Kier alpha value is -2.86. The highest BCUT2D eigenvalue weighted by molar-refractivity contribution is 7.90. The first-order valence-corrected chi connectivity index (χ1v) is 12.9. The Morgan fingerprint density at radius 2 is 1.80 bits per heavy atom. The molecule has 3 aromatic rings. The summed E-state index contributed by atoms with van der Waals surface area (Å²) in [7, 11) is -3.88. The van der Waals surface area contributed by atoms with Crippen molar-refractivity contribution in [3.63, 3.8) is 0 Å². The largest absolute Gasteiger partial charge is 0.478 e. The average Bonchev–Trinajstić information content (AvgIpc) is 3.24. The van der Waals surface area contributed by atoms with Crippen LogP contribution in [0.3, 0.4) is 0 Å². The normalized spacial score (nSPS) is 13.2. The lowest BCUT2D eigenvalue weighted by atomic mass is 10.1. The van der Waals surface area contributed by atoms with Gasteiger partial charge in [-0.1, -0.05) is 29.3 Å². The van der Waals surface area contributed by atoms with Crippen molar-refractivity contribution in [2.24, 2.45) is 10.7 Å². The van der Waals surface area contributed by atoms with Crippen molar-refractivity contribution in [2.75, 3.05) is 6.26 Å². The van der Waals surface area contributed by atoms with Crippen LogP contribution in [0.1, 0.15) is 15.2 Å². The van der Waals surface area contributed by atoms with Crippen LogP contribution in [-0.4, -0.2) is 37.6 Å². The summed E-state index contributed by atoms with van der Waals surface area (Å²) < 4.78 is 63.6. The van der Waals surface area contributed by atoms with E-state index in [0.29, 0.717) is 16.5 Å². The number of rotatable bonds is 6. The molecule has 3 rings (SSSR count). The number of sulfone groups is 1. The molecule has 0 spiro atoms. The molecule has 0 aliphatic heterocycles. The Morgan fingerprint density at radius 3 is 2.40 bits per heavy atom. The van der Waals surface area contributed by atoms with Gasteiger partial charge in [0.05, 0.1) is 31.8 Å². The third-order valence-corrected chi connectivity index (χ3v) is 7.37. The van der Waals surface area contributed by atoms with Gasteiger partial charge in [-0.25, -0.2) is 18.2 Å². The Kier molecular flexibility index (Phi) is 7.65.